The van der Waals surface area contributed by atoms with E-state index in [1.165, 1.54) is 23.3 Å². The van der Waals surface area contributed by atoms with Gasteiger partial charge >= 0.3 is 5.91 Å². The fraction of sp³-hybridized carbons (Fsp3) is 0.233. The third-order valence-electron chi connectivity index (χ3n) is 6.62. The Kier molecular flexibility index (Phi) is 8.30. The number of ether oxygens (including phenoxy) is 2. The number of fused-ring (bicyclic) bond motifs is 1. The van der Waals surface area contributed by atoms with E-state index in [1.807, 2.05) is 0 Å². The zero-order chi connectivity index (χ0) is 28.4. The fourth-order valence-corrected chi connectivity index (χ4v) is 6.00. The average Bonchev–Trinajstić information content (AvgIpc) is 3.48. The highest BCUT2D eigenvalue weighted by Crippen LogP contribution is 2.46. The molecule has 1 aromatic heterocycles. The van der Waals surface area contributed by atoms with E-state index < -0.39 is 17.7 Å². The van der Waals surface area contributed by atoms with Gasteiger partial charge < -0.3 is 14.6 Å². The fourth-order valence-electron chi connectivity index (χ4n) is 4.61. The number of aliphatic hydroxyl groups excluding tert-OH is 1. The summed E-state index contributed by atoms with van der Waals surface area (Å²) in [7, 11) is 1.53. The third-order valence-corrected chi connectivity index (χ3v) is 8.12. The lowest BCUT2D eigenvalue weighted by Crippen LogP contribution is -2.29. The van der Waals surface area contributed by atoms with Crippen molar-refractivity contribution in [3.8, 4) is 11.5 Å². The van der Waals surface area contributed by atoms with Gasteiger partial charge in [0.2, 0.25) is 0 Å². The molecule has 1 aliphatic heterocycles. The maximum Gasteiger partial charge on any atom is 0.301 e. The molecule has 3 aromatic carbocycles. The number of ketones is 1. The van der Waals surface area contributed by atoms with Crippen LogP contribution in [0.25, 0.3) is 16.0 Å². The van der Waals surface area contributed by atoms with E-state index in [1.54, 1.807) is 60.7 Å². The normalized spacial score (nSPS) is 16.6. The van der Waals surface area contributed by atoms with Crippen LogP contribution in [-0.2, 0) is 9.59 Å². The topological polar surface area (TPSA) is 89.0 Å². The summed E-state index contributed by atoms with van der Waals surface area (Å²) < 4.78 is 12.3. The van der Waals surface area contributed by atoms with Crippen molar-refractivity contribution in [1.29, 1.82) is 0 Å². The number of Topliss-reactive ketones (excluding diaryl/α,β-unsaturated/α-hetero) is 1. The molecule has 10 heteroatoms. The van der Waals surface area contributed by atoms with E-state index in [9.17, 15) is 14.7 Å². The van der Waals surface area contributed by atoms with E-state index in [0.29, 0.717) is 49.9 Å². The number of halogens is 2. The molecule has 7 nitrogen and oxygen atoms in total. The van der Waals surface area contributed by atoms with Crippen LogP contribution < -0.4 is 14.4 Å². The summed E-state index contributed by atoms with van der Waals surface area (Å²) in [6, 6.07) is 15.9. The SMILES string of the molecule is CCCCCOc1ccc(C2/C(=C(\O)c3ccc(Cl)cc3)C(=O)C(=O)N2c2nc3ccc(Cl)cc3s2)cc1OC. The van der Waals surface area contributed by atoms with Crippen LogP contribution in [0, 0.1) is 0 Å². The number of thiazole rings is 1. The van der Waals surface area contributed by atoms with E-state index in [4.69, 9.17) is 32.7 Å². The molecular weight excluding hydrogens is 571 g/mol. The first-order valence-electron chi connectivity index (χ1n) is 12.8. The molecule has 206 valence electrons. The van der Waals surface area contributed by atoms with Gasteiger partial charge in [-0.25, -0.2) is 4.98 Å². The lowest BCUT2D eigenvalue weighted by Gasteiger charge is -2.24. The Hall–Kier alpha value is -3.59. The van der Waals surface area contributed by atoms with E-state index in [-0.39, 0.29) is 11.3 Å². The first kappa shape index (κ1) is 28.0. The number of unbranched alkanes of at least 4 members (excludes halogenated alkanes) is 2. The highest BCUT2D eigenvalue weighted by atomic mass is 35.5. The van der Waals surface area contributed by atoms with Crippen LogP contribution in [0.4, 0.5) is 5.13 Å². The number of carbonyl (C=O) groups excluding carboxylic acids is 2. The molecule has 0 spiro atoms. The zero-order valence-corrected chi connectivity index (χ0v) is 24.1. The molecule has 4 aromatic rings. The molecule has 1 fully saturated rings. The molecule has 1 atom stereocenters. The number of benzene rings is 3. The number of hydrogen-bond acceptors (Lipinski definition) is 7. The van der Waals surface area contributed by atoms with Crippen molar-refractivity contribution in [1.82, 2.24) is 4.98 Å². The monoisotopic (exact) mass is 596 g/mol. The Balaban J connectivity index is 1.65. The van der Waals surface area contributed by atoms with Crippen molar-refractivity contribution in [2.24, 2.45) is 0 Å². The summed E-state index contributed by atoms with van der Waals surface area (Å²) in [4.78, 5) is 33.0. The van der Waals surface area contributed by atoms with Crippen molar-refractivity contribution < 1.29 is 24.2 Å². The van der Waals surface area contributed by atoms with Gasteiger partial charge in [0.25, 0.3) is 5.78 Å². The molecule has 1 N–H and O–H groups in total. The molecule has 1 saturated heterocycles. The Morgan fingerprint density at radius 2 is 1.75 bits per heavy atom. The van der Waals surface area contributed by atoms with Crippen molar-refractivity contribution in [3.05, 3.63) is 87.4 Å². The predicted molar refractivity (Wildman–Crippen MR) is 159 cm³/mol. The molecule has 0 bridgehead atoms. The number of amides is 1. The van der Waals surface area contributed by atoms with E-state index >= 15 is 0 Å². The minimum Gasteiger partial charge on any atom is -0.507 e. The molecule has 40 heavy (non-hydrogen) atoms. The van der Waals surface area contributed by atoms with Crippen molar-refractivity contribution in [2.75, 3.05) is 18.6 Å². The summed E-state index contributed by atoms with van der Waals surface area (Å²) >= 11 is 13.4. The number of aromatic nitrogens is 1. The number of carbonyl (C=O) groups is 2. The summed E-state index contributed by atoms with van der Waals surface area (Å²) in [5, 5.41) is 12.7. The Morgan fingerprint density at radius 3 is 2.48 bits per heavy atom. The van der Waals surface area contributed by atoms with Crippen LogP contribution in [0.5, 0.6) is 11.5 Å². The minimum atomic E-state index is -0.977. The molecule has 1 unspecified atom stereocenters. The van der Waals surface area contributed by atoms with Crippen LogP contribution in [-0.4, -0.2) is 35.5 Å². The smallest absolute Gasteiger partial charge is 0.301 e. The predicted octanol–water partition coefficient (Wildman–Crippen LogP) is 7.81. The van der Waals surface area contributed by atoms with Crippen LogP contribution in [0.15, 0.2) is 66.2 Å². The molecule has 1 aliphatic rings. The standard InChI is InChI=1S/C30H26Cl2N2O5S/c1-3-4-5-14-39-22-13-8-18(15-23(22)38-2)26-25(27(35)17-6-9-19(31)10-7-17)28(36)29(37)34(26)30-33-21-12-11-20(32)16-24(21)40-30/h6-13,15-16,26,35H,3-5,14H2,1-2H3/b27-25+. The molecule has 0 aliphatic carbocycles. The molecule has 2 heterocycles. The Bertz CT molecular complexity index is 1620. The van der Waals surface area contributed by atoms with Crippen LogP contribution in [0.2, 0.25) is 10.0 Å². The highest BCUT2D eigenvalue weighted by molar-refractivity contribution is 7.22. The van der Waals surface area contributed by atoms with Crippen molar-refractivity contribution in [3.63, 3.8) is 0 Å². The van der Waals surface area contributed by atoms with Gasteiger partial charge in [-0.2, -0.15) is 0 Å². The van der Waals surface area contributed by atoms with Gasteiger partial charge in [0.05, 0.1) is 35.5 Å². The minimum absolute atomic E-state index is 0.0664. The number of nitrogens with zero attached hydrogens (tertiary/aromatic N) is 2. The maximum absolute atomic E-state index is 13.6. The average molecular weight is 598 g/mol. The molecule has 5 rings (SSSR count). The first-order valence-corrected chi connectivity index (χ1v) is 14.3. The molecular formula is C30H26Cl2N2O5S. The van der Waals surface area contributed by atoms with Gasteiger partial charge in [0, 0.05) is 15.6 Å². The van der Waals surface area contributed by atoms with Crippen LogP contribution in [0.1, 0.15) is 43.4 Å². The second-order valence-corrected chi connectivity index (χ2v) is 11.1. The summed E-state index contributed by atoms with van der Waals surface area (Å²) in [6.45, 7) is 2.66. The number of hydrogen-bond donors (Lipinski definition) is 1. The maximum atomic E-state index is 13.6. The Labute approximate surface area is 245 Å². The molecule has 0 saturated carbocycles. The largest absolute Gasteiger partial charge is 0.507 e. The number of anilines is 1. The Morgan fingerprint density at radius 1 is 1.00 bits per heavy atom. The summed E-state index contributed by atoms with van der Waals surface area (Å²) in [5.74, 6) is -0.947. The zero-order valence-electron chi connectivity index (χ0n) is 21.8. The van der Waals surface area contributed by atoms with Gasteiger partial charge in [-0.1, -0.05) is 60.4 Å². The lowest BCUT2D eigenvalue weighted by molar-refractivity contribution is -0.132. The molecule has 0 radical (unpaired) electrons. The number of rotatable bonds is 9. The van der Waals surface area contributed by atoms with Crippen molar-refractivity contribution >= 4 is 67.3 Å². The number of aliphatic hydroxyl groups is 1. The third kappa shape index (κ3) is 5.39. The molecule has 1 amide bonds. The van der Waals surface area contributed by atoms with Gasteiger partial charge in [-0.15, -0.1) is 0 Å². The van der Waals surface area contributed by atoms with Gasteiger partial charge in [-0.3, -0.25) is 14.5 Å². The van der Waals surface area contributed by atoms with Gasteiger partial charge in [0.15, 0.2) is 16.6 Å². The first-order chi connectivity index (χ1) is 19.3. The van der Waals surface area contributed by atoms with Crippen molar-refractivity contribution in [2.45, 2.75) is 32.2 Å². The lowest BCUT2D eigenvalue weighted by atomic mass is 9.95. The second kappa shape index (κ2) is 11.9. The summed E-state index contributed by atoms with van der Waals surface area (Å²) in [6.07, 6.45) is 3.03. The van der Waals surface area contributed by atoms with E-state index in [2.05, 4.69) is 11.9 Å². The summed E-state index contributed by atoms with van der Waals surface area (Å²) in [5.41, 5.74) is 1.47. The van der Waals surface area contributed by atoms with Gasteiger partial charge in [0.1, 0.15) is 5.76 Å². The van der Waals surface area contributed by atoms with Crippen LogP contribution in [0.3, 0.4) is 0 Å². The highest BCUT2D eigenvalue weighted by Gasteiger charge is 2.48. The van der Waals surface area contributed by atoms with Gasteiger partial charge in [-0.05, 0) is 66.6 Å². The van der Waals surface area contributed by atoms with E-state index in [0.717, 1.165) is 24.0 Å². The number of methoxy groups -OCH3 is 1. The quantitative estimate of drug-likeness (QED) is 0.0917. The second-order valence-electron chi connectivity index (χ2n) is 9.25. The van der Waals surface area contributed by atoms with Crippen LogP contribution >= 0.6 is 34.5 Å².